The molecule has 0 aromatic rings. The van der Waals surface area contributed by atoms with Crippen molar-refractivity contribution in [2.45, 2.75) is 75.2 Å². The molecule has 4 heteroatoms. The molecule has 1 heterocycles. The van der Waals surface area contributed by atoms with E-state index in [9.17, 15) is 4.79 Å². The van der Waals surface area contributed by atoms with Gasteiger partial charge in [0.1, 0.15) is 14.8 Å². The van der Waals surface area contributed by atoms with Crippen LogP contribution in [-0.2, 0) is 8.98 Å². The summed E-state index contributed by atoms with van der Waals surface area (Å²) in [4.78, 5) is 12.7. The molecule has 1 saturated heterocycles. The first kappa shape index (κ1) is 15.6. The van der Waals surface area contributed by atoms with E-state index in [-0.39, 0.29) is 19.8 Å². The maximum Gasteiger partial charge on any atom is 0.148 e. The van der Waals surface area contributed by atoms with E-state index in [2.05, 4.69) is 39.5 Å². The van der Waals surface area contributed by atoms with Crippen molar-refractivity contribution in [1.29, 1.82) is 0 Å². The summed E-state index contributed by atoms with van der Waals surface area (Å²) < 4.78 is 6.55. The maximum atomic E-state index is 12.7. The monoisotopic (exact) mass is 352 g/mol. The van der Waals surface area contributed by atoms with E-state index in [1.165, 1.54) is 38.5 Å². The lowest BCUT2D eigenvalue weighted by Gasteiger charge is -2.61. The summed E-state index contributed by atoms with van der Waals surface area (Å²) in [7, 11) is 0. The predicted molar refractivity (Wildman–Crippen MR) is 96.0 cm³/mol. The van der Waals surface area contributed by atoms with Crippen LogP contribution in [0, 0.1) is 34.5 Å². The van der Waals surface area contributed by atoms with Crippen LogP contribution in [0.1, 0.15) is 66.2 Å². The Balaban J connectivity index is 1.53. The molecule has 3 unspecified atom stereocenters. The molecule has 0 N–H and O–H groups in total. The third-order valence-corrected chi connectivity index (χ3v) is 12.3. The standard InChI is InChI=1S/C19H28O2S2/c1-16(2)15(20)17(3,4)19(16)22-18(21-23-19)10-13-6-11-5-12(7-13)9-14(18)8-11/h11-14H,5-10H2,1-4H3. The van der Waals surface area contributed by atoms with Crippen LogP contribution in [0.25, 0.3) is 0 Å². The second-order valence-corrected chi connectivity index (χ2v) is 12.7. The smallest absolute Gasteiger partial charge is 0.148 e. The minimum absolute atomic E-state index is 0.0194. The molecule has 6 fully saturated rings. The van der Waals surface area contributed by atoms with Gasteiger partial charge in [-0.2, -0.15) is 0 Å². The molecule has 0 aromatic heterocycles. The Labute approximate surface area is 148 Å². The molecule has 2 nitrogen and oxygen atoms in total. The molecule has 5 saturated carbocycles. The third kappa shape index (κ3) is 1.67. The number of rotatable bonds is 0. The number of hydrogen-bond donors (Lipinski definition) is 0. The van der Waals surface area contributed by atoms with Crippen molar-refractivity contribution in [3.63, 3.8) is 0 Å². The molecule has 6 aliphatic rings. The van der Waals surface area contributed by atoms with Gasteiger partial charge in [0.05, 0.1) is 10.8 Å². The highest BCUT2D eigenvalue weighted by Crippen LogP contribution is 2.79. The summed E-state index contributed by atoms with van der Waals surface area (Å²) in [5.41, 5.74) is -0.558. The van der Waals surface area contributed by atoms with Crippen LogP contribution < -0.4 is 0 Å². The van der Waals surface area contributed by atoms with Crippen LogP contribution >= 0.6 is 23.8 Å². The largest absolute Gasteiger partial charge is 0.298 e. The zero-order chi connectivity index (χ0) is 16.3. The molecule has 3 atom stereocenters. The van der Waals surface area contributed by atoms with Crippen molar-refractivity contribution < 1.29 is 8.98 Å². The molecule has 5 aliphatic carbocycles. The summed E-state index contributed by atoms with van der Waals surface area (Å²) in [6.45, 7) is 8.57. The van der Waals surface area contributed by atoms with E-state index < -0.39 is 0 Å². The van der Waals surface area contributed by atoms with E-state index in [0.717, 1.165) is 17.8 Å². The van der Waals surface area contributed by atoms with Gasteiger partial charge < -0.3 is 0 Å². The Morgan fingerprint density at radius 2 is 1.48 bits per heavy atom. The minimum atomic E-state index is -0.279. The summed E-state index contributed by atoms with van der Waals surface area (Å²) in [6.07, 6.45) is 8.30. The number of carbonyl (C=O) groups is 1. The normalized spacial score (nSPS) is 51.2. The molecule has 0 aromatic carbocycles. The highest BCUT2D eigenvalue weighted by molar-refractivity contribution is 8.19. The van der Waals surface area contributed by atoms with Crippen molar-refractivity contribution in [2.24, 2.45) is 34.5 Å². The average Bonchev–Trinajstić information content (AvgIpc) is 2.81. The fourth-order valence-electron chi connectivity index (χ4n) is 6.98. The first-order valence-electron chi connectivity index (χ1n) is 9.32. The second kappa shape index (κ2) is 4.35. The quantitative estimate of drug-likeness (QED) is 0.555. The van der Waals surface area contributed by atoms with E-state index in [1.54, 1.807) is 12.0 Å². The van der Waals surface area contributed by atoms with Gasteiger partial charge in [-0.25, -0.2) is 0 Å². The highest BCUT2D eigenvalue weighted by Gasteiger charge is 2.79. The molecular formula is C19H28O2S2. The summed E-state index contributed by atoms with van der Waals surface area (Å²) in [5, 5.41) is 0. The van der Waals surface area contributed by atoms with Gasteiger partial charge in [-0.15, -0.1) is 11.8 Å². The first-order valence-corrected chi connectivity index (χ1v) is 10.9. The molecule has 1 aliphatic heterocycles. The van der Waals surface area contributed by atoms with Gasteiger partial charge >= 0.3 is 0 Å². The Kier molecular flexibility index (Phi) is 2.95. The van der Waals surface area contributed by atoms with Crippen LogP contribution in [0.3, 0.4) is 0 Å². The molecule has 128 valence electrons. The fourth-order valence-corrected chi connectivity index (χ4v) is 10.8. The molecule has 0 radical (unpaired) electrons. The van der Waals surface area contributed by atoms with Gasteiger partial charge in [0.15, 0.2) is 0 Å². The zero-order valence-corrected chi connectivity index (χ0v) is 16.3. The highest BCUT2D eigenvalue weighted by atomic mass is 32.2. The third-order valence-electron chi connectivity index (χ3n) is 7.83. The number of hydrogen-bond acceptors (Lipinski definition) is 4. The van der Waals surface area contributed by atoms with Crippen molar-refractivity contribution >= 4 is 29.6 Å². The number of carbonyl (C=O) groups excluding carboxylic acids is 1. The summed E-state index contributed by atoms with van der Waals surface area (Å²) in [6, 6.07) is 0. The van der Waals surface area contributed by atoms with Crippen LogP contribution in [0.2, 0.25) is 0 Å². The lowest BCUT2D eigenvalue weighted by molar-refractivity contribution is -0.152. The Bertz CT molecular complexity index is 552. The average molecular weight is 353 g/mol. The minimum Gasteiger partial charge on any atom is -0.298 e. The molecule has 23 heavy (non-hydrogen) atoms. The summed E-state index contributed by atoms with van der Waals surface area (Å²) >= 11 is 3.74. The van der Waals surface area contributed by atoms with Gasteiger partial charge in [-0.1, -0.05) is 27.7 Å². The fraction of sp³-hybridized carbons (Fsp3) is 0.947. The molecular weight excluding hydrogens is 324 g/mol. The zero-order valence-electron chi connectivity index (χ0n) is 14.7. The van der Waals surface area contributed by atoms with Gasteiger partial charge in [-0.05, 0) is 62.2 Å². The first-order chi connectivity index (χ1) is 10.7. The van der Waals surface area contributed by atoms with Gasteiger partial charge in [0, 0.05) is 12.0 Å². The number of Topliss-reactive ketones (excluding diaryl/α,β-unsaturated/α-hetero) is 1. The van der Waals surface area contributed by atoms with Crippen LogP contribution in [0.15, 0.2) is 0 Å². The summed E-state index contributed by atoms with van der Waals surface area (Å²) in [5.74, 6) is 3.87. The van der Waals surface area contributed by atoms with Gasteiger partial charge in [0.2, 0.25) is 0 Å². The Morgan fingerprint density at radius 3 is 2.09 bits per heavy atom. The van der Waals surface area contributed by atoms with Crippen molar-refractivity contribution in [3.05, 3.63) is 0 Å². The Hall–Kier alpha value is 0.330. The number of thioether (sulfide) groups is 1. The van der Waals surface area contributed by atoms with Gasteiger partial charge in [-0.3, -0.25) is 8.98 Å². The van der Waals surface area contributed by atoms with Gasteiger partial charge in [0.25, 0.3) is 0 Å². The van der Waals surface area contributed by atoms with Crippen molar-refractivity contribution in [3.8, 4) is 0 Å². The van der Waals surface area contributed by atoms with Crippen LogP contribution in [-0.4, -0.2) is 14.8 Å². The topological polar surface area (TPSA) is 26.3 Å². The van der Waals surface area contributed by atoms with Crippen molar-refractivity contribution in [2.75, 3.05) is 0 Å². The predicted octanol–water partition coefficient (Wildman–Crippen LogP) is 5.27. The molecule has 4 bridgehead atoms. The molecule has 6 rings (SSSR count). The maximum absolute atomic E-state index is 12.7. The number of ketones is 1. The second-order valence-electron chi connectivity index (χ2n) is 9.95. The Morgan fingerprint density at radius 1 is 0.913 bits per heavy atom. The van der Waals surface area contributed by atoms with Crippen LogP contribution in [0.5, 0.6) is 0 Å². The van der Waals surface area contributed by atoms with Crippen molar-refractivity contribution in [1.82, 2.24) is 0 Å². The molecule has 0 amide bonds. The SMILES string of the molecule is CC1(C)C(=O)C(C)(C)C12SOC1(CC3CC4CC(C3)CC1C4)S2. The lowest BCUT2D eigenvalue weighted by Crippen LogP contribution is -2.70. The van der Waals surface area contributed by atoms with E-state index in [0.29, 0.717) is 11.7 Å². The van der Waals surface area contributed by atoms with Crippen LogP contribution in [0.4, 0.5) is 0 Å². The van der Waals surface area contributed by atoms with E-state index in [4.69, 9.17) is 4.18 Å². The van der Waals surface area contributed by atoms with E-state index >= 15 is 0 Å². The molecule has 2 spiro atoms. The lowest BCUT2D eigenvalue weighted by atomic mass is 9.53. The van der Waals surface area contributed by atoms with E-state index in [1.807, 2.05) is 0 Å².